The molecule has 1 aromatic heterocycles. The van der Waals surface area contributed by atoms with E-state index in [-0.39, 0.29) is 29.1 Å². The number of carboxylic acid groups (broad SMARTS) is 1. The van der Waals surface area contributed by atoms with E-state index in [1.54, 1.807) is 12.1 Å². The second kappa shape index (κ2) is 8.34. The smallest absolute Gasteiger partial charge is 0.407 e. The Morgan fingerprint density at radius 1 is 1.41 bits per heavy atom. The molecular formula is C17H15FIN5O3. The standard InChI is InChI=1S/C17H15FIN5O3/c18-13-7-10(19)1-2-14(13)23-15-12(8-20)16(22-9-21-15)27-11-3-5-24(6-4-11)17(25)26/h1-2,7,9,11H,3-6H2,(H,25,26)(H,21,22,23). The van der Waals surface area contributed by atoms with Crippen molar-refractivity contribution in [1.82, 2.24) is 14.9 Å². The van der Waals surface area contributed by atoms with Gasteiger partial charge in [-0.1, -0.05) is 0 Å². The highest BCUT2D eigenvalue weighted by Gasteiger charge is 2.25. The van der Waals surface area contributed by atoms with Gasteiger partial charge in [-0.25, -0.2) is 19.2 Å². The molecule has 1 fully saturated rings. The zero-order valence-corrected chi connectivity index (χ0v) is 16.2. The first kappa shape index (κ1) is 19.1. The van der Waals surface area contributed by atoms with E-state index < -0.39 is 11.9 Å². The molecule has 1 aliphatic heterocycles. The van der Waals surface area contributed by atoms with Crippen molar-refractivity contribution in [3.63, 3.8) is 0 Å². The number of hydrogen-bond donors (Lipinski definition) is 2. The van der Waals surface area contributed by atoms with Gasteiger partial charge >= 0.3 is 6.09 Å². The fraction of sp³-hybridized carbons (Fsp3) is 0.294. The Morgan fingerprint density at radius 3 is 2.78 bits per heavy atom. The number of hydrogen-bond acceptors (Lipinski definition) is 6. The minimum Gasteiger partial charge on any atom is -0.473 e. The summed E-state index contributed by atoms with van der Waals surface area (Å²) in [5.41, 5.74) is 0.252. The number of nitrogens with zero attached hydrogens (tertiary/aromatic N) is 4. The molecule has 1 aromatic carbocycles. The summed E-state index contributed by atoms with van der Waals surface area (Å²) in [6.07, 6.45) is 1.01. The molecule has 0 unspecified atom stereocenters. The molecule has 0 atom stereocenters. The van der Waals surface area contributed by atoms with Gasteiger partial charge in [0.05, 0.1) is 5.69 Å². The number of rotatable bonds is 4. The number of benzene rings is 1. The van der Waals surface area contributed by atoms with Crippen LogP contribution in [0.3, 0.4) is 0 Å². The summed E-state index contributed by atoms with van der Waals surface area (Å²) in [5, 5.41) is 21.3. The molecule has 2 N–H and O–H groups in total. The molecule has 1 aliphatic rings. The lowest BCUT2D eigenvalue weighted by Gasteiger charge is -2.30. The molecule has 2 aromatic rings. The van der Waals surface area contributed by atoms with Crippen LogP contribution in [0, 0.1) is 20.7 Å². The maximum atomic E-state index is 14.1. The van der Waals surface area contributed by atoms with Crippen LogP contribution in [-0.4, -0.2) is 45.3 Å². The molecule has 140 valence electrons. The zero-order valence-electron chi connectivity index (χ0n) is 14.0. The lowest BCUT2D eigenvalue weighted by atomic mass is 10.1. The van der Waals surface area contributed by atoms with Gasteiger partial charge in [0.15, 0.2) is 11.4 Å². The first-order valence-corrected chi connectivity index (χ1v) is 9.17. The number of nitriles is 1. The second-order valence-electron chi connectivity index (χ2n) is 5.85. The summed E-state index contributed by atoms with van der Waals surface area (Å²) >= 11 is 2.00. The van der Waals surface area contributed by atoms with E-state index in [4.69, 9.17) is 9.84 Å². The number of nitrogens with one attached hydrogen (secondary N) is 1. The van der Waals surface area contributed by atoms with Crippen LogP contribution < -0.4 is 10.1 Å². The molecule has 3 rings (SSSR count). The molecule has 0 aliphatic carbocycles. The van der Waals surface area contributed by atoms with Gasteiger partial charge in [0.2, 0.25) is 5.88 Å². The van der Waals surface area contributed by atoms with E-state index in [2.05, 4.69) is 15.3 Å². The summed E-state index contributed by atoms with van der Waals surface area (Å²) in [4.78, 5) is 20.3. The fourth-order valence-electron chi connectivity index (χ4n) is 2.70. The van der Waals surface area contributed by atoms with Gasteiger partial charge < -0.3 is 20.1 Å². The van der Waals surface area contributed by atoms with Crippen LogP contribution >= 0.6 is 22.6 Å². The van der Waals surface area contributed by atoms with E-state index in [1.165, 1.54) is 17.3 Å². The summed E-state index contributed by atoms with van der Waals surface area (Å²) in [5.74, 6) is -0.229. The van der Waals surface area contributed by atoms with Crippen LogP contribution in [0.15, 0.2) is 24.5 Å². The van der Waals surface area contributed by atoms with E-state index in [9.17, 15) is 14.4 Å². The average molecular weight is 483 g/mol. The van der Waals surface area contributed by atoms with Gasteiger partial charge in [-0.2, -0.15) is 5.26 Å². The first-order chi connectivity index (χ1) is 13.0. The number of piperidine rings is 1. The predicted octanol–water partition coefficient (Wildman–Crippen LogP) is 3.36. The van der Waals surface area contributed by atoms with Crippen LogP contribution in [0.2, 0.25) is 0 Å². The van der Waals surface area contributed by atoms with Gasteiger partial charge in [-0.3, -0.25) is 0 Å². The van der Waals surface area contributed by atoms with Crippen LogP contribution in [0.25, 0.3) is 0 Å². The largest absolute Gasteiger partial charge is 0.473 e. The van der Waals surface area contributed by atoms with E-state index in [0.717, 1.165) is 3.57 Å². The minimum absolute atomic E-state index is 0.0658. The third-order valence-corrected chi connectivity index (χ3v) is 4.77. The third-order valence-electron chi connectivity index (χ3n) is 4.10. The number of carbonyl (C=O) groups is 1. The molecule has 0 bridgehead atoms. The summed E-state index contributed by atoms with van der Waals surface area (Å²) < 4.78 is 20.6. The predicted molar refractivity (Wildman–Crippen MR) is 102 cm³/mol. The number of ether oxygens (including phenoxy) is 1. The van der Waals surface area contributed by atoms with Crippen LogP contribution in [0.4, 0.5) is 20.7 Å². The Kier molecular flexibility index (Phi) is 5.90. The van der Waals surface area contributed by atoms with Crippen molar-refractivity contribution in [3.05, 3.63) is 39.5 Å². The van der Waals surface area contributed by atoms with Crippen molar-refractivity contribution in [2.45, 2.75) is 18.9 Å². The Balaban J connectivity index is 1.77. The second-order valence-corrected chi connectivity index (χ2v) is 7.10. The topological polar surface area (TPSA) is 111 Å². The third kappa shape index (κ3) is 4.54. The lowest BCUT2D eigenvalue weighted by molar-refractivity contribution is 0.0869. The van der Waals surface area contributed by atoms with E-state index in [0.29, 0.717) is 25.9 Å². The average Bonchev–Trinajstić information content (AvgIpc) is 2.65. The van der Waals surface area contributed by atoms with Crippen LogP contribution in [0.1, 0.15) is 18.4 Å². The highest BCUT2D eigenvalue weighted by molar-refractivity contribution is 14.1. The quantitative estimate of drug-likeness (QED) is 0.642. The first-order valence-electron chi connectivity index (χ1n) is 8.09. The normalized spacial score (nSPS) is 14.5. The summed E-state index contributed by atoms with van der Waals surface area (Å²) in [6.45, 7) is 0.706. The lowest BCUT2D eigenvalue weighted by Crippen LogP contribution is -2.41. The molecule has 0 saturated carbocycles. The number of amides is 1. The van der Waals surface area contributed by atoms with Gasteiger partial charge in [-0.15, -0.1) is 0 Å². The van der Waals surface area contributed by atoms with Crippen LogP contribution in [0.5, 0.6) is 5.88 Å². The molecule has 8 nitrogen and oxygen atoms in total. The molecule has 0 spiro atoms. The molecule has 0 radical (unpaired) electrons. The van der Waals surface area contributed by atoms with Crippen molar-refractivity contribution in [1.29, 1.82) is 5.26 Å². The number of anilines is 2. The monoisotopic (exact) mass is 483 g/mol. The Morgan fingerprint density at radius 2 is 2.15 bits per heavy atom. The van der Waals surface area contributed by atoms with Crippen molar-refractivity contribution in [2.75, 3.05) is 18.4 Å². The Hall–Kier alpha value is -2.68. The van der Waals surface area contributed by atoms with Gasteiger partial charge in [0.1, 0.15) is 24.3 Å². The van der Waals surface area contributed by atoms with Gasteiger partial charge in [-0.05, 0) is 40.8 Å². The highest BCUT2D eigenvalue weighted by Crippen LogP contribution is 2.28. The van der Waals surface area contributed by atoms with Crippen molar-refractivity contribution in [2.24, 2.45) is 0 Å². The maximum absolute atomic E-state index is 14.1. The summed E-state index contributed by atoms with van der Waals surface area (Å²) in [6, 6.07) is 6.64. The molecule has 1 saturated heterocycles. The Labute approximate surface area is 168 Å². The molecular weight excluding hydrogens is 468 g/mol. The highest BCUT2D eigenvalue weighted by atomic mass is 127. The number of halogens is 2. The van der Waals surface area contributed by atoms with Crippen molar-refractivity contribution >= 4 is 40.2 Å². The SMILES string of the molecule is N#Cc1c(Nc2ccc(I)cc2F)ncnc1OC1CCN(C(=O)O)CC1. The number of aromatic nitrogens is 2. The van der Waals surface area contributed by atoms with Gasteiger partial charge in [0.25, 0.3) is 0 Å². The molecule has 10 heteroatoms. The minimum atomic E-state index is -0.959. The van der Waals surface area contributed by atoms with Crippen LogP contribution in [-0.2, 0) is 0 Å². The number of likely N-dealkylation sites (tertiary alicyclic amines) is 1. The fourth-order valence-corrected chi connectivity index (χ4v) is 3.15. The Bertz CT molecular complexity index is 897. The van der Waals surface area contributed by atoms with Crippen molar-refractivity contribution < 1.29 is 19.0 Å². The molecule has 27 heavy (non-hydrogen) atoms. The molecule has 1 amide bonds. The zero-order chi connectivity index (χ0) is 19.4. The van der Waals surface area contributed by atoms with E-state index in [1.807, 2.05) is 28.7 Å². The van der Waals surface area contributed by atoms with Crippen molar-refractivity contribution in [3.8, 4) is 11.9 Å². The molecule has 2 heterocycles. The summed E-state index contributed by atoms with van der Waals surface area (Å²) in [7, 11) is 0. The van der Waals surface area contributed by atoms with E-state index >= 15 is 0 Å². The maximum Gasteiger partial charge on any atom is 0.407 e. The van der Waals surface area contributed by atoms with Gasteiger partial charge in [0, 0.05) is 29.5 Å².